The molecule has 35 heavy (non-hydrogen) atoms. The fourth-order valence-electron chi connectivity index (χ4n) is 5.23. The Kier molecular flexibility index (Phi) is 5.39. The second-order valence-electron chi connectivity index (χ2n) is 9.65. The number of piperazine rings is 1. The van der Waals surface area contributed by atoms with Crippen LogP contribution in [0.4, 0.5) is 5.69 Å². The molecule has 178 valence electrons. The van der Waals surface area contributed by atoms with Crippen molar-refractivity contribution >= 4 is 23.0 Å². The molecule has 1 N–H and O–H groups in total. The number of hydrogen-bond donors (Lipinski definition) is 1. The Bertz CT molecular complexity index is 1330. The van der Waals surface area contributed by atoms with E-state index in [0.717, 1.165) is 38.3 Å². The minimum atomic E-state index is -0.780. The highest BCUT2D eigenvalue weighted by Gasteiger charge is 2.46. The van der Waals surface area contributed by atoms with Crippen LogP contribution in [-0.2, 0) is 0 Å². The number of ether oxygens (including phenoxy) is 1. The highest BCUT2D eigenvalue weighted by Crippen LogP contribution is 2.43. The fraction of sp³-hybridized carbons (Fsp3) is 0.321. The molecule has 2 aromatic carbocycles. The predicted octanol–water partition coefficient (Wildman–Crippen LogP) is 3.14. The number of hydrogen-bond acceptors (Lipinski definition) is 7. The number of aliphatic imine (C=N–C) groups is 1. The number of Topliss-reactive ketones (excluding diaryl/α,β-unsaturated/α-hetero) is 2. The minimum absolute atomic E-state index is 0.114. The molecule has 4 aliphatic rings. The van der Waals surface area contributed by atoms with Crippen LogP contribution in [0, 0.1) is 12.8 Å². The van der Waals surface area contributed by atoms with Gasteiger partial charge in [0.05, 0.1) is 11.6 Å². The largest absolute Gasteiger partial charge is 0.453 e. The Morgan fingerprint density at radius 2 is 1.83 bits per heavy atom. The lowest BCUT2D eigenvalue weighted by Crippen LogP contribution is -2.47. The Labute approximate surface area is 204 Å². The van der Waals surface area contributed by atoms with E-state index in [1.807, 2.05) is 31.2 Å². The van der Waals surface area contributed by atoms with Crippen LogP contribution >= 0.6 is 0 Å². The summed E-state index contributed by atoms with van der Waals surface area (Å²) in [4.78, 5) is 37.0. The van der Waals surface area contributed by atoms with Gasteiger partial charge in [0.15, 0.2) is 23.1 Å². The van der Waals surface area contributed by atoms with Crippen molar-refractivity contribution < 1.29 is 14.3 Å². The van der Waals surface area contributed by atoms with Crippen molar-refractivity contribution in [1.82, 2.24) is 15.1 Å². The molecule has 2 aliphatic heterocycles. The van der Waals surface area contributed by atoms with E-state index in [4.69, 9.17) is 9.73 Å². The lowest BCUT2D eigenvalue weighted by Gasteiger charge is -2.35. The summed E-state index contributed by atoms with van der Waals surface area (Å²) in [5.74, 6) is 0.171. The van der Waals surface area contributed by atoms with E-state index < -0.39 is 5.92 Å². The molecular formula is C28H28N4O3. The van der Waals surface area contributed by atoms with Crippen molar-refractivity contribution in [1.29, 1.82) is 0 Å². The third kappa shape index (κ3) is 3.81. The van der Waals surface area contributed by atoms with Gasteiger partial charge >= 0.3 is 0 Å². The molecule has 0 spiro atoms. The van der Waals surface area contributed by atoms with Gasteiger partial charge in [0.2, 0.25) is 0 Å². The van der Waals surface area contributed by atoms with Gasteiger partial charge in [0, 0.05) is 67.7 Å². The third-order valence-corrected chi connectivity index (χ3v) is 7.24. The zero-order valence-corrected chi connectivity index (χ0v) is 20.0. The zero-order chi connectivity index (χ0) is 24.1. The number of carbonyl (C=O) groups excluding carboxylic acids is 2. The van der Waals surface area contributed by atoms with Crippen LogP contribution < -0.4 is 10.1 Å². The molecular weight excluding hydrogens is 440 g/mol. The van der Waals surface area contributed by atoms with E-state index in [1.54, 1.807) is 24.3 Å². The summed E-state index contributed by atoms with van der Waals surface area (Å²) in [6.45, 7) is 7.68. The Hall–Kier alpha value is -3.55. The Morgan fingerprint density at radius 3 is 2.63 bits per heavy atom. The van der Waals surface area contributed by atoms with Gasteiger partial charge in [0.25, 0.3) is 0 Å². The molecule has 2 aromatic rings. The molecule has 1 atom stereocenters. The molecule has 0 bridgehead atoms. The number of nitrogens with one attached hydrogen (secondary N) is 1. The summed E-state index contributed by atoms with van der Waals surface area (Å²) in [5.41, 5.74) is 4.27. The molecule has 1 unspecified atom stereocenters. The third-order valence-electron chi connectivity index (χ3n) is 7.24. The maximum Gasteiger partial charge on any atom is 0.192 e. The smallest absolute Gasteiger partial charge is 0.192 e. The number of benzene rings is 2. The average molecular weight is 469 g/mol. The van der Waals surface area contributed by atoms with Gasteiger partial charge < -0.3 is 15.0 Å². The normalized spacial score (nSPS) is 21.8. The van der Waals surface area contributed by atoms with Crippen LogP contribution in [0.3, 0.4) is 0 Å². The first-order valence-electron chi connectivity index (χ1n) is 12.2. The molecule has 2 aliphatic carbocycles. The topological polar surface area (TPSA) is 74.2 Å². The Balaban J connectivity index is 1.38. The van der Waals surface area contributed by atoms with Gasteiger partial charge in [-0.25, -0.2) is 4.99 Å². The molecule has 7 nitrogen and oxygen atoms in total. The number of nitrogens with zero attached hydrogens (tertiary/aromatic N) is 3. The summed E-state index contributed by atoms with van der Waals surface area (Å²) in [7, 11) is 2.14. The summed E-state index contributed by atoms with van der Waals surface area (Å²) in [6, 6.07) is 12.9. The number of rotatable bonds is 4. The minimum Gasteiger partial charge on any atom is -0.453 e. The number of likely N-dealkylation sites (N-methyl/N-ethyl adjacent to an activating group) is 1. The number of carbonyl (C=O) groups is 2. The van der Waals surface area contributed by atoms with E-state index in [-0.39, 0.29) is 11.6 Å². The molecule has 0 amide bonds. The SMILES string of the molecule is Cc1ccc2c(c1)OC1=CC(NCCN3CCN(C)CC3)=C3C(=O)c4ccccc4C(=O)C3C1=N2. The molecule has 2 heterocycles. The van der Waals surface area contributed by atoms with Crippen molar-refractivity contribution in [3.63, 3.8) is 0 Å². The average Bonchev–Trinajstić information content (AvgIpc) is 2.86. The van der Waals surface area contributed by atoms with Gasteiger partial charge in [-0.15, -0.1) is 0 Å². The van der Waals surface area contributed by atoms with Gasteiger partial charge in [0.1, 0.15) is 5.69 Å². The molecule has 0 aromatic heterocycles. The highest BCUT2D eigenvalue weighted by atomic mass is 16.5. The summed E-state index contributed by atoms with van der Waals surface area (Å²) in [6.07, 6.45) is 1.85. The zero-order valence-electron chi connectivity index (χ0n) is 20.0. The number of allylic oxidation sites excluding steroid dienone is 3. The maximum atomic E-state index is 13.7. The summed E-state index contributed by atoms with van der Waals surface area (Å²) in [5, 5.41) is 3.47. The van der Waals surface area contributed by atoms with Crippen molar-refractivity contribution in [3.05, 3.63) is 82.3 Å². The first kappa shape index (κ1) is 21.9. The number of aryl methyl sites for hydroxylation is 1. The van der Waals surface area contributed by atoms with E-state index in [9.17, 15) is 9.59 Å². The fourth-order valence-corrected chi connectivity index (χ4v) is 5.23. The van der Waals surface area contributed by atoms with Crippen LogP contribution in [-0.4, -0.2) is 73.4 Å². The van der Waals surface area contributed by atoms with E-state index in [0.29, 0.717) is 51.8 Å². The standard InChI is InChI=1S/C28H28N4O3/c1-17-7-8-20-22(15-17)35-23-16-21(29-9-10-32-13-11-31(2)12-14-32)24-25(26(23)30-20)28(34)19-6-4-3-5-18(19)27(24)33/h3-8,15-16,25,29H,9-14H2,1-2H3. The van der Waals surface area contributed by atoms with Crippen LogP contribution in [0.1, 0.15) is 26.3 Å². The molecule has 0 radical (unpaired) electrons. The van der Waals surface area contributed by atoms with E-state index in [1.165, 1.54) is 0 Å². The second kappa shape index (κ2) is 8.59. The molecule has 0 saturated carbocycles. The quantitative estimate of drug-likeness (QED) is 0.743. The summed E-state index contributed by atoms with van der Waals surface area (Å²) < 4.78 is 6.25. The van der Waals surface area contributed by atoms with E-state index in [2.05, 4.69) is 22.2 Å². The van der Waals surface area contributed by atoms with Crippen molar-refractivity contribution in [2.75, 3.05) is 46.3 Å². The number of ketones is 2. The van der Waals surface area contributed by atoms with Crippen LogP contribution in [0.5, 0.6) is 5.75 Å². The van der Waals surface area contributed by atoms with Crippen molar-refractivity contribution in [3.8, 4) is 5.75 Å². The van der Waals surface area contributed by atoms with E-state index >= 15 is 0 Å². The summed E-state index contributed by atoms with van der Waals surface area (Å²) >= 11 is 0. The number of fused-ring (bicyclic) bond motifs is 5. The lowest BCUT2D eigenvalue weighted by molar-refractivity contribution is 0.0908. The van der Waals surface area contributed by atoms with Gasteiger partial charge in [-0.05, 0) is 31.7 Å². The Morgan fingerprint density at radius 1 is 1.06 bits per heavy atom. The van der Waals surface area contributed by atoms with Crippen LogP contribution in [0.15, 0.2) is 70.6 Å². The van der Waals surface area contributed by atoms with Crippen molar-refractivity contribution in [2.24, 2.45) is 10.9 Å². The molecule has 1 fully saturated rings. The van der Waals surface area contributed by atoms with Gasteiger partial charge in [-0.2, -0.15) is 0 Å². The van der Waals surface area contributed by atoms with Crippen LogP contribution in [0.2, 0.25) is 0 Å². The van der Waals surface area contributed by atoms with Gasteiger partial charge in [-0.3, -0.25) is 14.5 Å². The predicted molar refractivity (Wildman–Crippen MR) is 135 cm³/mol. The monoisotopic (exact) mass is 468 g/mol. The second-order valence-corrected chi connectivity index (χ2v) is 9.65. The lowest BCUT2D eigenvalue weighted by atomic mass is 9.72. The first-order chi connectivity index (χ1) is 17.0. The molecule has 6 rings (SSSR count). The maximum absolute atomic E-state index is 13.7. The van der Waals surface area contributed by atoms with Crippen LogP contribution in [0.25, 0.3) is 0 Å². The molecule has 7 heteroatoms. The molecule has 1 saturated heterocycles. The van der Waals surface area contributed by atoms with Crippen molar-refractivity contribution in [2.45, 2.75) is 6.92 Å². The highest BCUT2D eigenvalue weighted by molar-refractivity contribution is 6.33. The first-order valence-corrected chi connectivity index (χ1v) is 12.2. The van der Waals surface area contributed by atoms with Gasteiger partial charge in [-0.1, -0.05) is 30.3 Å².